The van der Waals surface area contributed by atoms with Crippen LogP contribution in [0.25, 0.3) is 0 Å². The molecule has 12 nitrogen and oxygen atoms in total. The van der Waals surface area contributed by atoms with Crippen molar-refractivity contribution in [2.75, 3.05) is 33.0 Å². The third-order valence-electron chi connectivity index (χ3n) is 5.17. The largest absolute Gasteiger partial charge is 0.480 e. The Kier molecular flexibility index (Phi) is 9.24. The highest BCUT2D eigenvalue weighted by molar-refractivity contribution is 5.80. The lowest BCUT2D eigenvalue weighted by molar-refractivity contribution is -0.142. The van der Waals surface area contributed by atoms with Gasteiger partial charge in [-0.25, -0.2) is 9.59 Å². The minimum atomic E-state index is -1.28. The predicted molar refractivity (Wildman–Crippen MR) is 115 cm³/mol. The summed E-state index contributed by atoms with van der Waals surface area (Å²) in [6, 6.07) is 7.78. The Labute approximate surface area is 191 Å². The highest BCUT2D eigenvalue weighted by Gasteiger charge is 2.49. The molecule has 5 atom stereocenters. The van der Waals surface area contributed by atoms with Crippen LogP contribution >= 0.6 is 0 Å². The average molecular weight is 466 g/mol. The third kappa shape index (κ3) is 7.56. The molecule has 2 saturated heterocycles. The molecule has 0 unspecified atom stereocenters. The van der Waals surface area contributed by atoms with Gasteiger partial charge in [-0.1, -0.05) is 30.3 Å². The minimum Gasteiger partial charge on any atom is -0.480 e. The summed E-state index contributed by atoms with van der Waals surface area (Å²) in [5.41, 5.74) is 11.4. The molecule has 33 heavy (non-hydrogen) atoms. The molecule has 2 heterocycles. The first-order valence-corrected chi connectivity index (χ1v) is 10.7. The smallest absolute Gasteiger partial charge is 0.408 e. The number of nitrogens with one attached hydrogen (secondary N) is 1. The van der Waals surface area contributed by atoms with Crippen molar-refractivity contribution in [1.29, 1.82) is 0 Å². The number of fused-ring (bicyclic) bond motifs is 1. The molecule has 2 aliphatic rings. The second-order valence-electron chi connectivity index (χ2n) is 7.63. The van der Waals surface area contributed by atoms with Gasteiger partial charge in [-0.3, -0.25) is 4.99 Å². The lowest BCUT2D eigenvalue weighted by Gasteiger charge is -2.20. The number of carboxylic acid groups (broad SMARTS) is 1. The quantitative estimate of drug-likeness (QED) is 0.180. The summed E-state index contributed by atoms with van der Waals surface area (Å²) in [6.07, 6.45) is -1.63. The molecule has 0 aromatic heterocycles. The Balaban J connectivity index is 1.39. The number of carboxylic acids is 1. The maximum absolute atomic E-state index is 12.0. The Hall–Kier alpha value is -2.93. The molecule has 0 spiro atoms. The van der Waals surface area contributed by atoms with Gasteiger partial charge in [0.15, 0.2) is 12.0 Å². The summed E-state index contributed by atoms with van der Waals surface area (Å²) >= 11 is 0. The van der Waals surface area contributed by atoms with E-state index in [9.17, 15) is 14.7 Å². The van der Waals surface area contributed by atoms with Crippen LogP contribution in [0.4, 0.5) is 4.79 Å². The number of amides is 1. The zero-order chi connectivity index (χ0) is 23.6. The molecule has 182 valence electrons. The first-order valence-electron chi connectivity index (χ1n) is 10.7. The van der Waals surface area contributed by atoms with Gasteiger partial charge in [0.25, 0.3) is 0 Å². The first-order chi connectivity index (χ1) is 15.9. The van der Waals surface area contributed by atoms with Crippen LogP contribution in [0.5, 0.6) is 0 Å². The summed E-state index contributed by atoms with van der Waals surface area (Å²) in [5, 5.41) is 11.7. The van der Waals surface area contributed by atoms with E-state index in [2.05, 4.69) is 10.3 Å². The number of ether oxygens (including phenoxy) is 5. The zero-order valence-electron chi connectivity index (χ0n) is 18.1. The number of alkyl carbamates (subject to hydrolysis) is 1. The summed E-state index contributed by atoms with van der Waals surface area (Å²) in [4.78, 5) is 27.4. The number of carbonyl (C=O) groups excluding carboxylic acids is 1. The van der Waals surface area contributed by atoms with Gasteiger partial charge >= 0.3 is 12.1 Å². The van der Waals surface area contributed by atoms with Crippen molar-refractivity contribution >= 4 is 18.0 Å². The molecule has 1 aromatic rings. The van der Waals surface area contributed by atoms with Crippen molar-refractivity contribution in [3.8, 4) is 0 Å². The Morgan fingerprint density at radius 3 is 2.42 bits per heavy atom. The number of aliphatic carboxylic acids is 1. The summed E-state index contributed by atoms with van der Waals surface area (Å²) in [5.74, 6) is -1.20. The summed E-state index contributed by atoms with van der Waals surface area (Å²) < 4.78 is 28.1. The predicted octanol–water partition coefficient (Wildman–Crippen LogP) is -0.402. The molecule has 6 N–H and O–H groups in total. The van der Waals surface area contributed by atoms with Crippen molar-refractivity contribution in [2.24, 2.45) is 16.5 Å². The first kappa shape index (κ1) is 24.7. The Morgan fingerprint density at radius 1 is 1.12 bits per heavy atom. The standard InChI is InChI=1S/C21H30N4O8/c22-20(23)24-7-4-8-29-15-11-31-18-16(12-32-17(15)18)30-10-14(19(26)27)25-21(28)33-9-13-5-2-1-3-6-13/h1-3,5-6,14-18H,4,7-12H2,(H,25,28)(H,26,27)(H4,22,23,24)/t14-,15-,16+,17+,18+/m0/s1. The van der Waals surface area contributed by atoms with Gasteiger partial charge in [0.2, 0.25) is 0 Å². The summed E-state index contributed by atoms with van der Waals surface area (Å²) in [7, 11) is 0. The highest BCUT2D eigenvalue weighted by Crippen LogP contribution is 2.30. The third-order valence-corrected chi connectivity index (χ3v) is 5.17. The van der Waals surface area contributed by atoms with Crippen LogP contribution in [0, 0.1) is 0 Å². The number of nitrogens with zero attached hydrogens (tertiary/aromatic N) is 1. The Morgan fingerprint density at radius 2 is 1.79 bits per heavy atom. The van der Waals surface area contributed by atoms with Crippen LogP contribution in [0.2, 0.25) is 0 Å². The van der Waals surface area contributed by atoms with E-state index in [-0.39, 0.29) is 44.1 Å². The molecule has 1 aromatic carbocycles. The van der Waals surface area contributed by atoms with E-state index in [1.165, 1.54) is 0 Å². The second kappa shape index (κ2) is 12.3. The van der Waals surface area contributed by atoms with Gasteiger partial charge in [-0.05, 0) is 12.0 Å². The normalized spacial score (nSPS) is 24.6. The van der Waals surface area contributed by atoms with Crippen LogP contribution in [0.3, 0.4) is 0 Å². The monoisotopic (exact) mass is 466 g/mol. The SMILES string of the molecule is NC(N)=NCCCO[C@H]1CO[C@H]2[C@@H]1OC[C@H]2OC[C@H](NC(=O)OCc1ccccc1)C(=O)O. The average Bonchev–Trinajstić information content (AvgIpc) is 3.38. The number of hydrogen-bond donors (Lipinski definition) is 4. The maximum Gasteiger partial charge on any atom is 0.408 e. The molecular formula is C21H30N4O8. The van der Waals surface area contributed by atoms with Crippen LogP contribution in [-0.2, 0) is 35.1 Å². The van der Waals surface area contributed by atoms with Gasteiger partial charge in [-0.15, -0.1) is 0 Å². The van der Waals surface area contributed by atoms with Crippen LogP contribution < -0.4 is 16.8 Å². The highest BCUT2D eigenvalue weighted by atomic mass is 16.6. The van der Waals surface area contributed by atoms with E-state index in [1.807, 2.05) is 18.2 Å². The molecule has 2 aliphatic heterocycles. The van der Waals surface area contributed by atoms with Crippen LogP contribution in [0.15, 0.2) is 35.3 Å². The lowest BCUT2D eigenvalue weighted by atomic mass is 10.1. The van der Waals surface area contributed by atoms with Crippen molar-refractivity contribution in [2.45, 2.75) is 43.5 Å². The molecule has 0 saturated carbocycles. The number of carbonyl (C=O) groups is 2. The maximum atomic E-state index is 12.0. The van der Waals surface area contributed by atoms with Gasteiger partial charge in [0, 0.05) is 13.2 Å². The fourth-order valence-corrected chi connectivity index (χ4v) is 3.52. The minimum absolute atomic E-state index is 0.0290. The number of guanidine groups is 1. The van der Waals surface area contributed by atoms with Crippen molar-refractivity contribution in [3.63, 3.8) is 0 Å². The second-order valence-corrected chi connectivity index (χ2v) is 7.63. The van der Waals surface area contributed by atoms with Gasteiger partial charge in [0.1, 0.15) is 31.0 Å². The van der Waals surface area contributed by atoms with Crippen LogP contribution in [0.1, 0.15) is 12.0 Å². The molecule has 3 rings (SSSR count). The zero-order valence-corrected chi connectivity index (χ0v) is 18.1. The van der Waals surface area contributed by atoms with Crippen molar-refractivity contribution in [3.05, 3.63) is 35.9 Å². The van der Waals surface area contributed by atoms with Gasteiger partial charge in [-0.2, -0.15) is 0 Å². The topological polar surface area (TPSA) is 177 Å². The van der Waals surface area contributed by atoms with Gasteiger partial charge < -0.3 is 45.6 Å². The lowest BCUT2D eigenvalue weighted by Crippen LogP contribution is -2.46. The van der Waals surface area contributed by atoms with E-state index >= 15 is 0 Å². The fourth-order valence-electron chi connectivity index (χ4n) is 3.52. The fraction of sp³-hybridized carbons (Fsp3) is 0.571. The van der Waals surface area contributed by atoms with Crippen molar-refractivity contribution < 1.29 is 38.4 Å². The Bertz CT molecular complexity index is 805. The molecule has 0 radical (unpaired) electrons. The number of aliphatic imine (C=N–C) groups is 1. The van der Waals surface area contributed by atoms with E-state index in [4.69, 9.17) is 35.2 Å². The molecule has 1 amide bonds. The number of nitrogens with two attached hydrogens (primary N) is 2. The summed E-state index contributed by atoms with van der Waals surface area (Å²) in [6.45, 7) is 1.24. The number of benzene rings is 1. The number of hydrogen-bond acceptors (Lipinski definition) is 8. The molecule has 12 heteroatoms. The van der Waals surface area contributed by atoms with Crippen LogP contribution in [-0.4, -0.2) is 86.6 Å². The molecule has 0 bridgehead atoms. The van der Waals surface area contributed by atoms with Gasteiger partial charge in [0.05, 0.1) is 19.8 Å². The molecule has 2 fully saturated rings. The van der Waals surface area contributed by atoms with E-state index in [0.717, 1.165) is 5.56 Å². The molecule has 0 aliphatic carbocycles. The van der Waals surface area contributed by atoms with Crippen molar-refractivity contribution in [1.82, 2.24) is 5.32 Å². The number of rotatable bonds is 12. The van der Waals surface area contributed by atoms with E-state index < -0.39 is 24.2 Å². The molecular weight excluding hydrogens is 436 g/mol. The van der Waals surface area contributed by atoms with E-state index in [1.54, 1.807) is 12.1 Å². The van der Waals surface area contributed by atoms with E-state index in [0.29, 0.717) is 26.2 Å².